The van der Waals surface area contributed by atoms with Gasteiger partial charge in [0.25, 0.3) is 0 Å². The summed E-state index contributed by atoms with van der Waals surface area (Å²) in [4.78, 5) is 28.4. The Kier molecular flexibility index (Phi) is 16.3. The number of ketones is 1. The molecule has 296 valence electrons. The van der Waals surface area contributed by atoms with Gasteiger partial charge >= 0.3 is 0 Å². The highest BCUT2D eigenvalue weighted by Gasteiger charge is 2.45. The van der Waals surface area contributed by atoms with Gasteiger partial charge in [-0.2, -0.15) is 0 Å². The summed E-state index contributed by atoms with van der Waals surface area (Å²) in [7, 11) is 1.23. The van der Waals surface area contributed by atoms with Gasteiger partial charge in [-0.3, -0.25) is 9.59 Å². The second-order valence-corrected chi connectivity index (χ2v) is 21.0. The van der Waals surface area contributed by atoms with E-state index in [-0.39, 0.29) is 29.7 Å². The van der Waals surface area contributed by atoms with E-state index in [1.54, 1.807) is 14.2 Å². The Labute approximate surface area is 325 Å². The maximum absolute atomic E-state index is 14.1. The van der Waals surface area contributed by atoms with Gasteiger partial charge in [0.2, 0.25) is 5.91 Å². The van der Waals surface area contributed by atoms with E-state index in [4.69, 9.17) is 23.7 Å². The van der Waals surface area contributed by atoms with E-state index in [1.165, 1.54) is 0 Å². The summed E-state index contributed by atoms with van der Waals surface area (Å²) in [6.07, 6.45) is 8.26. The Morgan fingerprint density at radius 3 is 1.72 bits per heavy atom. The Morgan fingerprint density at radius 1 is 0.722 bits per heavy atom. The molecule has 0 saturated carbocycles. The molecule has 4 rings (SSSR count). The minimum Gasteiger partial charge on any atom is -0.497 e. The van der Waals surface area contributed by atoms with Crippen LogP contribution in [0, 0.1) is 0 Å². The summed E-state index contributed by atoms with van der Waals surface area (Å²) < 4.78 is 25.3. The molecule has 0 unspecified atom stereocenters. The lowest BCUT2D eigenvalue weighted by atomic mass is 9.80. The van der Waals surface area contributed by atoms with Crippen LogP contribution in [0.5, 0.6) is 11.5 Å². The van der Waals surface area contributed by atoms with Gasteiger partial charge in [-0.05, 0) is 91.2 Å². The highest BCUT2D eigenvalue weighted by molar-refractivity contribution is 6.74. The number of carbonyl (C=O) groups excluding carboxylic acids is 2. The van der Waals surface area contributed by atoms with E-state index in [0.717, 1.165) is 73.1 Å². The second kappa shape index (κ2) is 20.4. The largest absolute Gasteiger partial charge is 0.497 e. The average Bonchev–Trinajstić information content (AvgIpc) is 3.57. The molecule has 0 spiro atoms. The standard InChI is InChI=1S/C45H65NO7Si/c1-44(2,3)54(6,7)53-42-32-38(46(33-42)43(49)22-16-9-8-14-20-39(48)21-15-11-17-31-47)34-52-45(35-18-12-10-13-19-35,36-23-27-40(50-4)28-24-36)37-25-29-41(51-5)30-26-37/h10,12-13,18-19,23-30,38,42,47H,8-9,11,14-17,20-22,31-34H2,1-7H3/t38-,42+/m0/s1. The molecule has 1 saturated heterocycles. The first-order chi connectivity index (χ1) is 25.8. The molecule has 3 aromatic rings. The van der Waals surface area contributed by atoms with E-state index in [1.807, 2.05) is 47.4 Å². The predicted molar refractivity (Wildman–Crippen MR) is 219 cm³/mol. The first-order valence-electron chi connectivity index (χ1n) is 19.9. The number of benzene rings is 3. The van der Waals surface area contributed by atoms with Gasteiger partial charge in [-0.15, -0.1) is 0 Å². The minimum atomic E-state index is -2.10. The number of aliphatic hydroxyl groups is 1. The highest BCUT2D eigenvalue weighted by Crippen LogP contribution is 2.43. The Morgan fingerprint density at radius 2 is 1.22 bits per heavy atom. The first kappa shape index (κ1) is 43.2. The summed E-state index contributed by atoms with van der Waals surface area (Å²) in [6, 6.07) is 26.2. The number of ether oxygens (including phenoxy) is 3. The van der Waals surface area contributed by atoms with Crippen LogP contribution in [0.15, 0.2) is 78.9 Å². The number of hydrogen-bond acceptors (Lipinski definition) is 7. The van der Waals surface area contributed by atoms with Crippen molar-refractivity contribution in [3.05, 3.63) is 95.6 Å². The number of aliphatic hydroxyl groups excluding tert-OH is 1. The van der Waals surface area contributed by atoms with Crippen molar-refractivity contribution < 1.29 is 33.3 Å². The summed E-state index contributed by atoms with van der Waals surface area (Å²) in [5, 5.41) is 9.00. The van der Waals surface area contributed by atoms with E-state index in [2.05, 4.69) is 70.3 Å². The van der Waals surface area contributed by atoms with Crippen LogP contribution in [-0.4, -0.2) is 76.1 Å². The molecule has 9 heteroatoms. The molecule has 8 nitrogen and oxygen atoms in total. The van der Waals surface area contributed by atoms with Crippen molar-refractivity contribution in [2.45, 2.75) is 127 Å². The molecular weight excluding hydrogens is 695 g/mol. The van der Waals surface area contributed by atoms with E-state index in [9.17, 15) is 9.59 Å². The van der Waals surface area contributed by atoms with Crippen LogP contribution in [-0.2, 0) is 24.4 Å². The highest BCUT2D eigenvalue weighted by atomic mass is 28.4. The zero-order valence-electron chi connectivity index (χ0n) is 33.9. The molecule has 1 aliphatic rings. The van der Waals surface area contributed by atoms with E-state index < -0.39 is 13.9 Å². The van der Waals surface area contributed by atoms with Crippen LogP contribution in [0.25, 0.3) is 0 Å². The van der Waals surface area contributed by atoms with Gasteiger partial charge in [0.1, 0.15) is 22.9 Å². The zero-order chi connectivity index (χ0) is 39.2. The maximum Gasteiger partial charge on any atom is 0.222 e. The Hall–Kier alpha value is -3.50. The molecule has 1 aliphatic heterocycles. The van der Waals surface area contributed by atoms with E-state index in [0.29, 0.717) is 44.6 Å². The van der Waals surface area contributed by atoms with Crippen molar-refractivity contribution in [2.24, 2.45) is 0 Å². The number of Topliss-reactive ketones (excluding diaryl/α,β-unsaturated/α-hetero) is 1. The first-order valence-corrected chi connectivity index (χ1v) is 22.8. The molecule has 1 heterocycles. The van der Waals surface area contributed by atoms with E-state index >= 15 is 0 Å². The molecular formula is C45H65NO7Si. The van der Waals surface area contributed by atoms with Gasteiger partial charge in [-0.1, -0.05) is 94.6 Å². The SMILES string of the molecule is COc1ccc(C(OC[C@@H]2C[C@@H](O[Si](C)(C)C(C)(C)C)CN2C(=O)CCCCCCC(=O)CCCCCO)(c2ccccc2)c2ccc(OC)cc2)cc1. The Bertz CT molecular complexity index is 1520. The number of likely N-dealkylation sites (tertiary alicyclic amines) is 1. The number of nitrogens with zero attached hydrogens (tertiary/aromatic N) is 1. The molecule has 3 aromatic carbocycles. The van der Waals surface area contributed by atoms with Crippen molar-refractivity contribution in [1.82, 2.24) is 4.90 Å². The average molecular weight is 760 g/mol. The van der Waals surface area contributed by atoms with Gasteiger partial charge in [-0.25, -0.2) is 0 Å². The maximum atomic E-state index is 14.1. The number of rotatable bonds is 22. The van der Waals surface area contributed by atoms with Gasteiger partial charge in [0.05, 0.1) is 33.0 Å². The molecule has 1 N–H and O–H groups in total. The monoisotopic (exact) mass is 759 g/mol. The second-order valence-electron chi connectivity index (χ2n) is 16.2. The van der Waals surface area contributed by atoms with Crippen LogP contribution in [0.3, 0.4) is 0 Å². The summed E-state index contributed by atoms with van der Waals surface area (Å²) in [5.41, 5.74) is 1.90. The van der Waals surface area contributed by atoms with Crippen molar-refractivity contribution in [2.75, 3.05) is 34.0 Å². The summed E-state index contributed by atoms with van der Waals surface area (Å²) in [5.74, 6) is 1.94. The molecule has 0 aliphatic carbocycles. The van der Waals surface area contributed by atoms with Gasteiger partial charge in [0.15, 0.2) is 8.32 Å². The number of hydrogen-bond donors (Lipinski definition) is 1. The van der Waals surface area contributed by atoms with Crippen molar-refractivity contribution in [3.63, 3.8) is 0 Å². The molecule has 0 aromatic heterocycles. The number of methoxy groups -OCH3 is 2. The van der Waals surface area contributed by atoms with Gasteiger partial charge < -0.3 is 28.6 Å². The summed E-state index contributed by atoms with van der Waals surface area (Å²) in [6.45, 7) is 12.4. The molecule has 0 bridgehead atoms. The third-order valence-electron chi connectivity index (χ3n) is 11.3. The minimum absolute atomic E-state index is 0.0441. The lowest BCUT2D eigenvalue weighted by molar-refractivity contribution is -0.134. The lowest BCUT2D eigenvalue weighted by Gasteiger charge is -2.38. The normalized spacial score (nSPS) is 16.4. The number of carbonyl (C=O) groups is 2. The molecule has 0 radical (unpaired) electrons. The van der Waals surface area contributed by atoms with Crippen LogP contribution in [0.2, 0.25) is 18.1 Å². The Balaban J connectivity index is 1.56. The fourth-order valence-corrected chi connectivity index (χ4v) is 8.50. The molecule has 54 heavy (non-hydrogen) atoms. The van der Waals surface area contributed by atoms with Gasteiger partial charge in [0, 0.05) is 32.4 Å². The van der Waals surface area contributed by atoms with Crippen molar-refractivity contribution in [1.29, 1.82) is 0 Å². The molecule has 1 fully saturated rings. The third-order valence-corrected chi connectivity index (χ3v) is 15.9. The quantitative estimate of drug-likeness (QED) is 0.0620. The van der Waals surface area contributed by atoms with Crippen LogP contribution in [0.4, 0.5) is 0 Å². The predicted octanol–water partition coefficient (Wildman–Crippen LogP) is 9.47. The van der Waals surface area contributed by atoms with Crippen molar-refractivity contribution in [3.8, 4) is 11.5 Å². The van der Waals surface area contributed by atoms with Crippen LogP contribution >= 0.6 is 0 Å². The number of unbranched alkanes of at least 4 members (excludes halogenated alkanes) is 5. The smallest absolute Gasteiger partial charge is 0.222 e. The summed E-state index contributed by atoms with van der Waals surface area (Å²) >= 11 is 0. The third kappa shape index (κ3) is 11.5. The fourth-order valence-electron chi connectivity index (χ4n) is 7.14. The molecule has 1 amide bonds. The topological polar surface area (TPSA) is 94.5 Å². The zero-order valence-corrected chi connectivity index (χ0v) is 34.9. The molecule has 2 atom stereocenters. The van der Waals surface area contributed by atoms with Crippen LogP contribution < -0.4 is 9.47 Å². The lowest BCUT2D eigenvalue weighted by Crippen LogP contribution is -2.45. The van der Waals surface area contributed by atoms with Crippen molar-refractivity contribution >= 4 is 20.0 Å². The van der Waals surface area contributed by atoms with Crippen LogP contribution in [0.1, 0.15) is 108 Å². The fraction of sp³-hybridized carbons (Fsp3) is 0.556. The number of amides is 1.